The molecular weight excluding hydrogens is 869 g/mol. The molecule has 12 nitrogen and oxygen atoms in total. The first-order valence-electron chi connectivity index (χ1n) is 29.3. The molecule has 0 N–H and O–H groups in total. The Morgan fingerprint density at radius 1 is 0.333 bits per heavy atom. The number of likely N-dealkylation sites (N-methyl/N-ethyl adjacent to an activating group) is 1. The normalized spacial score (nSPS) is 11.4. The number of hydrogen-bond acceptors (Lipinski definition) is 10. The number of unbranched alkanes of at least 4 members (excludes halogenated alkanes) is 20. The second-order valence-electron chi connectivity index (χ2n) is 19.7. The van der Waals surface area contributed by atoms with Crippen molar-refractivity contribution in [2.24, 2.45) is 5.92 Å². The van der Waals surface area contributed by atoms with E-state index in [1.807, 2.05) is 9.80 Å². The molecule has 0 rings (SSSR count). The molecule has 2 amide bonds. The monoisotopic (exact) mass is 981 g/mol. The SMILES string of the molecule is CCCCCCCCN(CCCCC(=O)OCCCCCCC)C(=O)OCCN(CCOC(=O)N(CCCCCCCC)CCCCC(=O)OCC(CCCCC)CCCCC)CCN(CC)CC. The van der Waals surface area contributed by atoms with Gasteiger partial charge in [0.25, 0.3) is 0 Å². The van der Waals surface area contributed by atoms with Crippen LogP contribution in [0.1, 0.15) is 248 Å². The van der Waals surface area contributed by atoms with E-state index in [1.54, 1.807) is 0 Å². The van der Waals surface area contributed by atoms with Crippen molar-refractivity contribution in [3.63, 3.8) is 0 Å². The van der Waals surface area contributed by atoms with Crippen molar-refractivity contribution in [2.45, 2.75) is 248 Å². The van der Waals surface area contributed by atoms with Crippen LogP contribution in [0.2, 0.25) is 0 Å². The Labute approximate surface area is 425 Å². The molecular formula is C57H112N4O8. The Bertz CT molecular complexity index is 1160. The van der Waals surface area contributed by atoms with Crippen LogP contribution >= 0.6 is 0 Å². The maximum absolute atomic E-state index is 13.6. The van der Waals surface area contributed by atoms with Crippen molar-refractivity contribution in [1.29, 1.82) is 0 Å². The highest BCUT2D eigenvalue weighted by atomic mass is 16.6. The first-order valence-corrected chi connectivity index (χ1v) is 29.3. The Hall–Kier alpha value is -2.60. The van der Waals surface area contributed by atoms with Gasteiger partial charge in [-0.25, -0.2) is 9.59 Å². The molecule has 0 heterocycles. The molecule has 0 unspecified atom stereocenters. The van der Waals surface area contributed by atoms with Gasteiger partial charge in [-0.2, -0.15) is 0 Å². The van der Waals surface area contributed by atoms with E-state index in [-0.39, 0.29) is 37.3 Å². The van der Waals surface area contributed by atoms with Gasteiger partial charge in [0.15, 0.2) is 0 Å². The summed E-state index contributed by atoms with van der Waals surface area (Å²) in [5, 5.41) is 0. The van der Waals surface area contributed by atoms with Crippen LogP contribution in [0.25, 0.3) is 0 Å². The molecule has 0 aliphatic heterocycles. The number of rotatable bonds is 51. The van der Waals surface area contributed by atoms with Crippen LogP contribution in [0.15, 0.2) is 0 Å². The zero-order chi connectivity index (χ0) is 50.8. The Morgan fingerprint density at radius 3 is 1.13 bits per heavy atom. The van der Waals surface area contributed by atoms with Gasteiger partial charge in [0.2, 0.25) is 0 Å². The highest BCUT2D eigenvalue weighted by molar-refractivity contribution is 5.70. The van der Waals surface area contributed by atoms with Crippen LogP contribution in [0, 0.1) is 5.92 Å². The van der Waals surface area contributed by atoms with Gasteiger partial charge >= 0.3 is 24.1 Å². The van der Waals surface area contributed by atoms with Gasteiger partial charge in [-0.15, -0.1) is 0 Å². The standard InChI is InChI=1S/C57H112N4O8/c1-8-15-20-23-25-32-41-60(43-34-30-39-54(62)66-49-36-27-22-17-10-3)56(64)67-50-47-59(46-45-58(13-6)14-7)48-51-68-57(65)61(42-33-26-24-21-16-9-2)44-35-31-40-55(63)69-52-53(37-28-18-11-4)38-29-19-12-5/h53H,8-52H2,1-7H3. The number of esters is 2. The predicted octanol–water partition coefficient (Wildman–Crippen LogP) is 14.4. The molecule has 0 spiro atoms. The number of carbonyl (C=O) groups is 4. The lowest BCUT2D eigenvalue weighted by Gasteiger charge is -2.28. The van der Waals surface area contributed by atoms with E-state index >= 15 is 0 Å². The quantitative estimate of drug-likeness (QED) is 0.0331. The second-order valence-corrected chi connectivity index (χ2v) is 19.7. The summed E-state index contributed by atoms with van der Waals surface area (Å²) in [6, 6.07) is 0. The molecule has 0 aliphatic carbocycles. The molecule has 0 aromatic heterocycles. The molecule has 0 saturated carbocycles. The minimum Gasteiger partial charge on any atom is -0.466 e. The highest BCUT2D eigenvalue weighted by Crippen LogP contribution is 2.19. The van der Waals surface area contributed by atoms with Gasteiger partial charge in [0.05, 0.1) is 13.2 Å². The van der Waals surface area contributed by atoms with E-state index in [1.165, 1.54) is 109 Å². The van der Waals surface area contributed by atoms with E-state index in [2.05, 4.69) is 58.3 Å². The third-order valence-electron chi connectivity index (χ3n) is 13.5. The van der Waals surface area contributed by atoms with Crippen LogP contribution in [-0.2, 0) is 28.5 Å². The molecule has 0 radical (unpaired) electrons. The van der Waals surface area contributed by atoms with Crippen LogP contribution in [0.5, 0.6) is 0 Å². The lowest BCUT2D eigenvalue weighted by molar-refractivity contribution is -0.145. The average Bonchev–Trinajstić information content (AvgIpc) is 3.35. The van der Waals surface area contributed by atoms with Crippen LogP contribution in [-0.4, -0.2) is 136 Å². The van der Waals surface area contributed by atoms with E-state index in [0.29, 0.717) is 84.1 Å². The molecule has 0 fully saturated rings. The fourth-order valence-corrected chi connectivity index (χ4v) is 8.69. The van der Waals surface area contributed by atoms with Crippen LogP contribution in [0.3, 0.4) is 0 Å². The molecule has 0 saturated heterocycles. The number of nitrogens with zero attached hydrogens (tertiary/aromatic N) is 4. The maximum atomic E-state index is 13.6. The molecule has 408 valence electrons. The third-order valence-corrected chi connectivity index (χ3v) is 13.5. The summed E-state index contributed by atoms with van der Waals surface area (Å²) in [5.74, 6) is 0.165. The topological polar surface area (TPSA) is 118 Å². The molecule has 0 aliphatic rings. The van der Waals surface area contributed by atoms with Gasteiger partial charge in [0, 0.05) is 65.2 Å². The van der Waals surface area contributed by atoms with Gasteiger partial charge in [0.1, 0.15) is 13.2 Å². The molecule has 0 atom stereocenters. The average molecular weight is 982 g/mol. The number of amides is 2. The summed E-state index contributed by atoms with van der Waals surface area (Å²) in [6.45, 7) is 23.9. The zero-order valence-electron chi connectivity index (χ0n) is 46.5. The third kappa shape index (κ3) is 41.7. The Balaban J connectivity index is 5.38. The summed E-state index contributed by atoms with van der Waals surface area (Å²) in [7, 11) is 0. The van der Waals surface area contributed by atoms with Crippen LogP contribution < -0.4 is 0 Å². The minimum atomic E-state index is -0.305. The second kappa shape index (κ2) is 50.3. The highest BCUT2D eigenvalue weighted by Gasteiger charge is 2.19. The number of carbonyl (C=O) groups excluding carboxylic acids is 4. The number of ether oxygens (including phenoxy) is 4. The van der Waals surface area contributed by atoms with Gasteiger partial charge in [-0.1, -0.05) is 177 Å². The minimum absolute atomic E-state index is 0.130. The van der Waals surface area contributed by atoms with Gasteiger partial charge in [-0.05, 0) is 76.8 Å². The smallest absolute Gasteiger partial charge is 0.409 e. The Kier molecular flexibility index (Phi) is 48.4. The van der Waals surface area contributed by atoms with Gasteiger partial charge < -0.3 is 33.6 Å². The van der Waals surface area contributed by atoms with Crippen molar-refractivity contribution in [3.05, 3.63) is 0 Å². The van der Waals surface area contributed by atoms with Crippen molar-refractivity contribution in [1.82, 2.24) is 19.6 Å². The van der Waals surface area contributed by atoms with E-state index in [4.69, 9.17) is 18.9 Å². The van der Waals surface area contributed by atoms with Crippen molar-refractivity contribution in [2.75, 3.05) is 91.9 Å². The van der Waals surface area contributed by atoms with E-state index in [9.17, 15) is 19.2 Å². The fraction of sp³-hybridized carbons (Fsp3) is 0.930. The molecule has 69 heavy (non-hydrogen) atoms. The lowest BCUT2D eigenvalue weighted by atomic mass is 9.96. The molecule has 0 aromatic carbocycles. The summed E-state index contributed by atoms with van der Waals surface area (Å²) < 4.78 is 23.1. The van der Waals surface area contributed by atoms with Crippen LogP contribution in [0.4, 0.5) is 9.59 Å². The molecule has 0 aromatic rings. The van der Waals surface area contributed by atoms with Crippen molar-refractivity contribution in [3.8, 4) is 0 Å². The number of hydrogen-bond donors (Lipinski definition) is 0. The molecule has 12 heteroatoms. The first-order chi connectivity index (χ1) is 33.7. The largest absolute Gasteiger partial charge is 0.466 e. The first kappa shape index (κ1) is 66.4. The lowest BCUT2D eigenvalue weighted by Crippen LogP contribution is -2.41. The summed E-state index contributed by atoms with van der Waals surface area (Å²) in [6.07, 6.45) is 31.7. The van der Waals surface area contributed by atoms with Crippen molar-refractivity contribution < 1.29 is 38.1 Å². The van der Waals surface area contributed by atoms with Gasteiger partial charge in [-0.3, -0.25) is 14.5 Å². The summed E-state index contributed by atoms with van der Waals surface area (Å²) in [4.78, 5) is 60.6. The van der Waals surface area contributed by atoms with Crippen molar-refractivity contribution >= 4 is 24.1 Å². The Morgan fingerprint density at radius 2 is 0.696 bits per heavy atom. The molecule has 0 bridgehead atoms. The fourth-order valence-electron chi connectivity index (χ4n) is 8.69. The summed E-state index contributed by atoms with van der Waals surface area (Å²) in [5.41, 5.74) is 0. The predicted molar refractivity (Wildman–Crippen MR) is 287 cm³/mol. The maximum Gasteiger partial charge on any atom is 0.409 e. The van der Waals surface area contributed by atoms with E-state index < -0.39 is 0 Å². The van der Waals surface area contributed by atoms with E-state index in [0.717, 1.165) is 90.4 Å². The summed E-state index contributed by atoms with van der Waals surface area (Å²) >= 11 is 0. The zero-order valence-corrected chi connectivity index (χ0v) is 46.5.